The number of hydrogen-bond donors (Lipinski definition) is 1. The molecule has 0 saturated carbocycles. The predicted octanol–water partition coefficient (Wildman–Crippen LogP) is 3.60. The Labute approximate surface area is 212 Å². The number of esters is 1. The fourth-order valence-electron chi connectivity index (χ4n) is 4.74. The number of aromatic nitrogens is 3. The molecule has 1 fully saturated rings. The Morgan fingerprint density at radius 1 is 1.14 bits per heavy atom. The zero-order chi connectivity index (χ0) is 25.5. The maximum Gasteiger partial charge on any atom is 0.330 e. The molecule has 1 aliphatic rings. The van der Waals surface area contributed by atoms with E-state index in [2.05, 4.69) is 69.7 Å². The molecule has 8 heteroatoms. The van der Waals surface area contributed by atoms with Crippen LogP contribution in [0.4, 0.5) is 0 Å². The van der Waals surface area contributed by atoms with Gasteiger partial charge in [-0.1, -0.05) is 48.5 Å². The Bertz CT molecular complexity index is 1150. The van der Waals surface area contributed by atoms with E-state index in [-0.39, 0.29) is 24.5 Å². The minimum absolute atomic E-state index is 0.125. The number of rotatable bonds is 9. The maximum absolute atomic E-state index is 13.2. The van der Waals surface area contributed by atoms with Gasteiger partial charge in [0.05, 0.1) is 18.6 Å². The van der Waals surface area contributed by atoms with E-state index in [0.29, 0.717) is 6.54 Å². The number of nitrogens with zero attached hydrogens (tertiary/aromatic N) is 4. The first-order valence-corrected chi connectivity index (χ1v) is 12.6. The third kappa shape index (κ3) is 6.57. The quantitative estimate of drug-likeness (QED) is 0.462. The van der Waals surface area contributed by atoms with E-state index in [1.807, 2.05) is 6.07 Å². The van der Waals surface area contributed by atoms with Crippen LogP contribution >= 0.6 is 0 Å². The minimum atomic E-state index is -0.818. The van der Waals surface area contributed by atoms with E-state index in [4.69, 9.17) is 4.74 Å². The second-order valence-electron chi connectivity index (χ2n) is 9.69. The van der Waals surface area contributed by atoms with Gasteiger partial charge in [0.2, 0.25) is 5.91 Å². The van der Waals surface area contributed by atoms with E-state index in [1.54, 1.807) is 13.8 Å². The van der Waals surface area contributed by atoms with Crippen LogP contribution in [-0.4, -0.2) is 56.8 Å². The first-order valence-electron chi connectivity index (χ1n) is 12.6. The van der Waals surface area contributed by atoms with Crippen molar-refractivity contribution in [2.75, 3.05) is 13.1 Å². The Balaban J connectivity index is 1.41. The summed E-state index contributed by atoms with van der Waals surface area (Å²) in [4.78, 5) is 32.2. The van der Waals surface area contributed by atoms with Gasteiger partial charge in [-0.15, -0.1) is 0 Å². The number of likely N-dealkylation sites (tertiary alicyclic amines) is 1. The van der Waals surface area contributed by atoms with Crippen LogP contribution in [0.3, 0.4) is 0 Å². The van der Waals surface area contributed by atoms with Crippen molar-refractivity contribution in [1.82, 2.24) is 25.0 Å². The first kappa shape index (κ1) is 25.6. The fourth-order valence-corrected chi connectivity index (χ4v) is 4.74. The van der Waals surface area contributed by atoms with Crippen molar-refractivity contribution in [1.29, 1.82) is 0 Å². The van der Waals surface area contributed by atoms with Crippen LogP contribution < -0.4 is 5.32 Å². The predicted molar refractivity (Wildman–Crippen MR) is 138 cm³/mol. The van der Waals surface area contributed by atoms with Gasteiger partial charge in [0.15, 0.2) is 0 Å². The van der Waals surface area contributed by atoms with Gasteiger partial charge in [-0.25, -0.2) is 9.78 Å². The smallest absolute Gasteiger partial charge is 0.330 e. The molecule has 1 N–H and O–H groups in total. The second kappa shape index (κ2) is 11.9. The lowest BCUT2D eigenvalue weighted by Crippen LogP contribution is -2.50. The van der Waals surface area contributed by atoms with E-state index in [1.165, 1.54) is 39.6 Å². The number of piperidine rings is 1. The lowest BCUT2D eigenvalue weighted by Gasteiger charge is -2.33. The molecule has 8 nitrogen and oxygen atoms in total. The van der Waals surface area contributed by atoms with Crippen molar-refractivity contribution < 1.29 is 14.3 Å². The zero-order valence-corrected chi connectivity index (χ0v) is 21.3. The summed E-state index contributed by atoms with van der Waals surface area (Å²) < 4.78 is 6.91. The highest BCUT2D eigenvalue weighted by Crippen LogP contribution is 2.27. The van der Waals surface area contributed by atoms with Crippen LogP contribution in [0.1, 0.15) is 37.8 Å². The minimum Gasteiger partial charge on any atom is -0.461 e. The average molecular weight is 490 g/mol. The van der Waals surface area contributed by atoms with Crippen LogP contribution in [0, 0.1) is 12.8 Å². The third-order valence-electron chi connectivity index (χ3n) is 6.59. The topological polar surface area (TPSA) is 89.4 Å². The number of benzene rings is 2. The molecule has 36 heavy (non-hydrogen) atoms. The summed E-state index contributed by atoms with van der Waals surface area (Å²) >= 11 is 0. The van der Waals surface area contributed by atoms with Gasteiger partial charge in [0.1, 0.15) is 18.7 Å². The van der Waals surface area contributed by atoms with Crippen molar-refractivity contribution in [3.63, 3.8) is 0 Å². The number of nitrogens with one attached hydrogen (secondary N) is 1. The summed E-state index contributed by atoms with van der Waals surface area (Å²) in [5.41, 5.74) is 4.97. The van der Waals surface area contributed by atoms with E-state index < -0.39 is 12.0 Å². The Kier molecular flexibility index (Phi) is 8.48. The lowest BCUT2D eigenvalue weighted by molar-refractivity contribution is -0.152. The molecule has 2 atom stereocenters. The molecule has 4 rings (SSSR count). The van der Waals surface area contributed by atoms with Crippen molar-refractivity contribution in [3.8, 4) is 11.1 Å². The molecule has 190 valence electrons. The molecule has 0 radical (unpaired) electrons. The van der Waals surface area contributed by atoms with Crippen LogP contribution in [0.25, 0.3) is 11.1 Å². The van der Waals surface area contributed by atoms with Crippen LogP contribution in [0.5, 0.6) is 0 Å². The molecule has 2 heterocycles. The molecule has 2 aromatic carbocycles. The molecule has 1 unspecified atom stereocenters. The number of hydrogen-bond acceptors (Lipinski definition) is 6. The summed E-state index contributed by atoms with van der Waals surface area (Å²) in [7, 11) is 0. The first-order chi connectivity index (χ1) is 17.4. The third-order valence-corrected chi connectivity index (χ3v) is 6.59. The van der Waals surface area contributed by atoms with Gasteiger partial charge in [0, 0.05) is 13.1 Å². The second-order valence-corrected chi connectivity index (χ2v) is 9.69. The molecule has 0 spiro atoms. The van der Waals surface area contributed by atoms with Gasteiger partial charge in [-0.2, -0.15) is 5.10 Å². The van der Waals surface area contributed by atoms with Crippen LogP contribution in [-0.2, 0) is 27.4 Å². The Morgan fingerprint density at radius 3 is 2.67 bits per heavy atom. The van der Waals surface area contributed by atoms with Gasteiger partial charge in [-0.05, 0) is 62.4 Å². The number of ether oxygens (including phenoxy) is 1. The Hall–Kier alpha value is -3.52. The lowest BCUT2D eigenvalue weighted by atomic mass is 9.94. The molecule has 3 aromatic rings. The zero-order valence-electron chi connectivity index (χ0n) is 21.3. The summed E-state index contributed by atoms with van der Waals surface area (Å²) in [6.07, 6.45) is 4.38. The highest BCUT2D eigenvalue weighted by Gasteiger charge is 2.31. The summed E-state index contributed by atoms with van der Waals surface area (Å²) in [6.45, 7) is 8.31. The molecule has 0 bridgehead atoms. The van der Waals surface area contributed by atoms with Crippen molar-refractivity contribution >= 4 is 11.9 Å². The standard InChI is InChI=1S/C28H35N5O3/c1-20(2)36-28(35)26(17-33-19-29-18-30-33)31-27(34)24-12-8-14-32(16-24)15-23-11-7-13-25(21(23)3)22-9-5-4-6-10-22/h4-7,9-11,13,18-20,24,26H,8,12,14-17H2,1-3H3,(H,31,34)/t24?,26-/m1/s1. The van der Waals surface area contributed by atoms with Gasteiger partial charge in [0.25, 0.3) is 0 Å². The number of carbonyl (C=O) groups is 2. The van der Waals surface area contributed by atoms with Crippen molar-refractivity contribution in [2.45, 2.75) is 58.8 Å². The molecule has 0 aliphatic carbocycles. The molecule has 1 saturated heterocycles. The van der Waals surface area contributed by atoms with Gasteiger partial charge >= 0.3 is 5.97 Å². The molecular formula is C28H35N5O3. The summed E-state index contributed by atoms with van der Waals surface area (Å²) in [5.74, 6) is -0.781. The van der Waals surface area contributed by atoms with Crippen LogP contribution in [0.2, 0.25) is 0 Å². The Morgan fingerprint density at radius 2 is 1.94 bits per heavy atom. The van der Waals surface area contributed by atoms with Crippen molar-refractivity contribution in [2.24, 2.45) is 5.92 Å². The van der Waals surface area contributed by atoms with E-state index in [0.717, 1.165) is 25.9 Å². The van der Waals surface area contributed by atoms with Gasteiger partial charge in [-0.3, -0.25) is 14.4 Å². The number of amides is 1. The summed E-state index contributed by atoms with van der Waals surface area (Å²) in [5, 5.41) is 7.00. The maximum atomic E-state index is 13.2. The van der Waals surface area contributed by atoms with E-state index >= 15 is 0 Å². The normalized spacial score (nSPS) is 17.1. The summed E-state index contributed by atoms with van der Waals surface area (Å²) in [6, 6.07) is 16.0. The fraction of sp³-hybridized carbons (Fsp3) is 0.429. The molecule has 1 aliphatic heterocycles. The van der Waals surface area contributed by atoms with Gasteiger partial charge < -0.3 is 10.1 Å². The molecule has 1 aromatic heterocycles. The SMILES string of the molecule is Cc1c(CN2CCCC(C(=O)N[C@H](Cn3cncn3)C(=O)OC(C)C)C2)cccc1-c1ccccc1. The molecular weight excluding hydrogens is 454 g/mol. The largest absolute Gasteiger partial charge is 0.461 e. The highest BCUT2D eigenvalue weighted by molar-refractivity contribution is 5.86. The monoisotopic (exact) mass is 489 g/mol. The van der Waals surface area contributed by atoms with Crippen molar-refractivity contribution in [3.05, 3.63) is 72.3 Å². The highest BCUT2D eigenvalue weighted by atomic mass is 16.5. The molecule has 1 amide bonds. The van der Waals surface area contributed by atoms with Crippen LogP contribution in [0.15, 0.2) is 61.2 Å². The van der Waals surface area contributed by atoms with E-state index in [9.17, 15) is 9.59 Å². The number of carbonyl (C=O) groups excluding carboxylic acids is 2. The average Bonchev–Trinajstić information content (AvgIpc) is 3.38.